The summed E-state index contributed by atoms with van der Waals surface area (Å²) in [5.74, 6) is -0.701. The van der Waals surface area contributed by atoms with Gasteiger partial charge in [-0.05, 0) is 57.8 Å². The summed E-state index contributed by atoms with van der Waals surface area (Å²) in [6.45, 7) is 2.15. The normalized spacial score (nSPS) is 13.0. The van der Waals surface area contributed by atoms with Gasteiger partial charge in [-0.1, -0.05) is 79.8 Å². The molecule has 0 saturated carbocycles. The van der Waals surface area contributed by atoms with Crippen LogP contribution in [-0.4, -0.2) is 11.1 Å². The summed E-state index contributed by atoms with van der Waals surface area (Å²) < 4.78 is 0. The molecule has 1 N–H and O–H groups in total. The third-order valence-corrected chi connectivity index (χ3v) is 3.61. The quantitative estimate of drug-likeness (QED) is 0.232. The number of aliphatic carboxylic acids is 1. The molecule has 144 valence electrons. The van der Waals surface area contributed by atoms with Crippen LogP contribution in [0.3, 0.4) is 0 Å². The van der Waals surface area contributed by atoms with Gasteiger partial charge in [0.1, 0.15) is 0 Å². The van der Waals surface area contributed by atoms with E-state index >= 15 is 0 Å². The van der Waals surface area contributed by atoms with Gasteiger partial charge in [-0.3, -0.25) is 4.79 Å². The van der Waals surface area contributed by atoms with Gasteiger partial charge in [0.15, 0.2) is 0 Å². The highest BCUT2D eigenvalue weighted by Gasteiger charge is 1.93. The maximum atomic E-state index is 10.4. The van der Waals surface area contributed by atoms with Crippen molar-refractivity contribution in [3.8, 4) is 0 Å². The van der Waals surface area contributed by atoms with Crippen LogP contribution < -0.4 is 0 Å². The molecule has 0 saturated heterocycles. The highest BCUT2D eigenvalue weighted by molar-refractivity contribution is 5.66. The number of hydrogen-bond donors (Lipinski definition) is 1. The second-order valence-electron chi connectivity index (χ2n) is 6.05. The molecule has 0 aliphatic rings. The minimum atomic E-state index is -0.701. The van der Waals surface area contributed by atoms with Crippen molar-refractivity contribution >= 4 is 5.97 Å². The van der Waals surface area contributed by atoms with E-state index in [1.165, 1.54) is 0 Å². The average molecular weight is 357 g/mol. The van der Waals surface area contributed by atoms with Crippen LogP contribution in [0, 0.1) is 0 Å². The smallest absolute Gasteiger partial charge is 0.303 e. The fourth-order valence-electron chi connectivity index (χ4n) is 2.18. The number of unbranched alkanes of at least 4 members (excludes halogenated alkanes) is 2. The summed E-state index contributed by atoms with van der Waals surface area (Å²) in [6, 6.07) is 0. The molecule has 0 aliphatic carbocycles. The van der Waals surface area contributed by atoms with E-state index in [2.05, 4.69) is 79.8 Å². The predicted octanol–water partition coefficient (Wildman–Crippen LogP) is 7.33. The predicted molar refractivity (Wildman–Crippen MR) is 114 cm³/mol. The highest BCUT2D eigenvalue weighted by Crippen LogP contribution is 2.02. The molecule has 0 heterocycles. The molecule has 0 spiro atoms. The van der Waals surface area contributed by atoms with E-state index in [-0.39, 0.29) is 6.42 Å². The summed E-state index contributed by atoms with van der Waals surface area (Å²) in [4.78, 5) is 10.4. The van der Waals surface area contributed by atoms with Gasteiger partial charge in [-0.15, -0.1) is 0 Å². The van der Waals surface area contributed by atoms with E-state index in [4.69, 9.17) is 5.11 Å². The molecule has 0 atom stereocenters. The second-order valence-corrected chi connectivity index (χ2v) is 6.05. The molecular weight excluding hydrogens is 320 g/mol. The number of allylic oxidation sites excluding steroid dienone is 12. The Kier molecular flexibility index (Phi) is 19.3. The fourth-order valence-corrected chi connectivity index (χ4v) is 2.18. The van der Waals surface area contributed by atoms with Crippen LogP contribution in [-0.2, 0) is 4.79 Å². The highest BCUT2D eigenvalue weighted by atomic mass is 16.4. The Morgan fingerprint density at radius 2 is 1.00 bits per heavy atom. The van der Waals surface area contributed by atoms with E-state index in [0.717, 1.165) is 57.8 Å². The summed E-state index contributed by atoms with van der Waals surface area (Å²) in [6.07, 6.45) is 35.3. The lowest BCUT2D eigenvalue weighted by molar-refractivity contribution is -0.137. The Balaban J connectivity index is 3.48. The van der Waals surface area contributed by atoms with Gasteiger partial charge in [0.2, 0.25) is 0 Å². The molecular formula is C24H36O2. The van der Waals surface area contributed by atoms with Crippen LogP contribution in [0.15, 0.2) is 72.9 Å². The SMILES string of the molecule is CC/C=C\C/C=C\C/C=C\C/C=C/C/C=C\C/C=C\CCCCC(=O)O. The molecule has 0 rings (SSSR count). The largest absolute Gasteiger partial charge is 0.481 e. The van der Waals surface area contributed by atoms with E-state index in [1.807, 2.05) is 0 Å². The topological polar surface area (TPSA) is 37.3 Å². The maximum absolute atomic E-state index is 10.4. The Morgan fingerprint density at radius 3 is 1.38 bits per heavy atom. The minimum Gasteiger partial charge on any atom is -0.481 e. The van der Waals surface area contributed by atoms with Crippen molar-refractivity contribution in [3.63, 3.8) is 0 Å². The molecule has 0 aromatic rings. The molecule has 0 bridgehead atoms. The molecule has 2 heteroatoms. The molecule has 0 aromatic heterocycles. The van der Waals surface area contributed by atoms with Crippen LogP contribution >= 0.6 is 0 Å². The first-order valence-electron chi connectivity index (χ1n) is 9.89. The van der Waals surface area contributed by atoms with Crippen molar-refractivity contribution in [2.24, 2.45) is 0 Å². The van der Waals surface area contributed by atoms with Crippen LogP contribution in [0.5, 0.6) is 0 Å². The summed E-state index contributed by atoms with van der Waals surface area (Å²) >= 11 is 0. The first-order chi connectivity index (χ1) is 12.8. The van der Waals surface area contributed by atoms with Gasteiger partial charge in [-0.25, -0.2) is 0 Å². The number of rotatable bonds is 16. The lowest BCUT2D eigenvalue weighted by Gasteiger charge is -1.92. The van der Waals surface area contributed by atoms with Crippen LogP contribution in [0.4, 0.5) is 0 Å². The van der Waals surface area contributed by atoms with Crippen molar-refractivity contribution in [1.82, 2.24) is 0 Å². The maximum Gasteiger partial charge on any atom is 0.303 e. The van der Waals surface area contributed by atoms with Gasteiger partial charge in [0.05, 0.1) is 0 Å². The van der Waals surface area contributed by atoms with Crippen molar-refractivity contribution < 1.29 is 9.90 Å². The zero-order valence-electron chi connectivity index (χ0n) is 16.4. The molecule has 0 fully saturated rings. The van der Waals surface area contributed by atoms with Gasteiger partial charge in [0, 0.05) is 6.42 Å². The third kappa shape index (κ3) is 21.9. The lowest BCUT2D eigenvalue weighted by atomic mass is 10.2. The third-order valence-electron chi connectivity index (χ3n) is 3.61. The van der Waals surface area contributed by atoms with Gasteiger partial charge in [-0.2, -0.15) is 0 Å². The van der Waals surface area contributed by atoms with Crippen LogP contribution in [0.2, 0.25) is 0 Å². The number of carboxylic acids is 1. The average Bonchev–Trinajstić information content (AvgIpc) is 2.62. The van der Waals surface area contributed by atoms with Gasteiger partial charge in [0.25, 0.3) is 0 Å². The molecule has 0 aromatic carbocycles. The number of carbonyl (C=O) groups is 1. The second kappa shape index (κ2) is 21.0. The van der Waals surface area contributed by atoms with E-state index in [9.17, 15) is 4.79 Å². The fraction of sp³-hybridized carbons (Fsp3) is 0.458. The molecule has 26 heavy (non-hydrogen) atoms. The van der Waals surface area contributed by atoms with E-state index < -0.39 is 5.97 Å². The summed E-state index contributed by atoms with van der Waals surface area (Å²) in [5.41, 5.74) is 0. The summed E-state index contributed by atoms with van der Waals surface area (Å²) in [7, 11) is 0. The standard InChI is InChI=1S/C24H36O2/c1-2-3-4-5-6-7-8-9-10-11-12-13-14-15-16-17-18-19-20-21-22-23-24(25)26/h3-4,6-7,9-10,12-13,15-16,18-19H,2,5,8,11,14,17,20-23H2,1H3,(H,25,26)/b4-3-,7-6-,10-9-,13-12+,16-15-,19-18-. The number of hydrogen-bond acceptors (Lipinski definition) is 1. The van der Waals surface area contributed by atoms with Gasteiger partial charge < -0.3 is 5.11 Å². The Bertz CT molecular complexity index is 490. The first kappa shape index (κ1) is 23.9. The van der Waals surface area contributed by atoms with Crippen molar-refractivity contribution in [3.05, 3.63) is 72.9 Å². The van der Waals surface area contributed by atoms with Crippen LogP contribution in [0.25, 0.3) is 0 Å². The van der Waals surface area contributed by atoms with E-state index in [0.29, 0.717) is 0 Å². The van der Waals surface area contributed by atoms with E-state index in [1.54, 1.807) is 0 Å². The Labute approximate surface area is 160 Å². The molecule has 0 amide bonds. The zero-order valence-corrected chi connectivity index (χ0v) is 16.4. The van der Waals surface area contributed by atoms with Crippen LogP contribution in [0.1, 0.15) is 71.1 Å². The molecule has 0 aliphatic heterocycles. The monoisotopic (exact) mass is 356 g/mol. The zero-order chi connectivity index (χ0) is 19.1. The molecule has 0 unspecified atom stereocenters. The first-order valence-corrected chi connectivity index (χ1v) is 9.89. The minimum absolute atomic E-state index is 0.280. The number of carboxylic acid groups (broad SMARTS) is 1. The van der Waals surface area contributed by atoms with Crippen molar-refractivity contribution in [1.29, 1.82) is 0 Å². The molecule has 2 nitrogen and oxygen atoms in total. The Hall–Kier alpha value is -2.09. The molecule has 0 radical (unpaired) electrons. The van der Waals surface area contributed by atoms with Gasteiger partial charge >= 0.3 is 5.97 Å². The Morgan fingerprint density at radius 1 is 0.615 bits per heavy atom. The van der Waals surface area contributed by atoms with Crippen molar-refractivity contribution in [2.45, 2.75) is 71.1 Å². The lowest BCUT2D eigenvalue weighted by Crippen LogP contribution is -1.92. The van der Waals surface area contributed by atoms with Crippen molar-refractivity contribution in [2.75, 3.05) is 0 Å². The summed E-state index contributed by atoms with van der Waals surface area (Å²) in [5, 5.41) is 8.53.